The molecule has 0 atom stereocenters. The molecule has 0 spiro atoms. The number of benzene rings is 15. The quantitative estimate of drug-likeness (QED) is 0.114. The van der Waals surface area contributed by atoms with Crippen molar-refractivity contribution < 1.29 is 0 Å². The second-order valence-corrected chi connectivity index (χ2v) is 23.7. The number of fused-ring (bicyclic) bond motifs is 7. The molecule has 432 valence electrons. The summed E-state index contributed by atoms with van der Waals surface area (Å²) in [6, 6.07) is 132. The first-order chi connectivity index (χ1) is 45.6. The monoisotopic (exact) mass is 1170 g/mol. The van der Waals surface area contributed by atoms with Crippen LogP contribution in [0.25, 0.3) is 121 Å². The maximum Gasteiger partial charge on any atom is 0.0547 e. The largest absolute Gasteiger partial charge is 0.310 e. The van der Waals surface area contributed by atoms with E-state index < -0.39 is 0 Å². The molecule has 0 radical (unpaired) electrons. The Morgan fingerprint density at radius 1 is 0.174 bits per heavy atom. The number of rotatable bonds is 13. The van der Waals surface area contributed by atoms with Crippen molar-refractivity contribution in [3.05, 3.63) is 364 Å². The molecule has 0 saturated carbocycles. The minimum Gasteiger partial charge on any atom is -0.310 e. The van der Waals surface area contributed by atoms with Crippen LogP contribution in [0.4, 0.5) is 34.1 Å². The van der Waals surface area contributed by atoms with E-state index in [-0.39, 0.29) is 0 Å². The lowest BCUT2D eigenvalue weighted by Gasteiger charge is -2.27. The average Bonchev–Trinajstić information content (AvgIpc) is 1.60. The molecule has 4 nitrogen and oxygen atoms in total. The SMILES string of the molecule is c1ccc(N(c2ccc(-c3ccc(-c4ccc5c6ccccc6n(-c6ccccc6)c5c4)cc3)cc2)c2cccc(-c3ccc4c5ccc(-c6ccc(-c7ccc(N(c8ccccc8)c8cccc9ccccc89)cc7)cc6)cc5n(-c5ccccc5)c4c3)c2)cc1. The van der Waals surface area contributed by atoms with E-state index in [1.165, 1.54) is 87.8 Å². The van der Waals surface area contributed by atoms with Crippen LogP contribution in [0.3, 0.4) is 0 Å². The Bertz CT molecular complexity index is 5520. The molecule has 15 aromatic carbocycles. The number of aromatic nitrogens is 2. The van der Waals surface area contributed by atoms with Crippen molar-refractivity contribution in [1.29, 1.82) is 0 Å². The summed E-state index contributed by atoms with van der Waals surface area (Å²) in [6.45, 7) is 0. The molecule has 17 aromatic rings. The molecular formula is C88H60N4. The van der Waals surface area contributed by atoms with E-state index in [9.17, 15) is 0 Å². The van der Waals surface area contributed by atoms with Gasteiger partial charge in [0.1, 0.15) is 0 Å². The van der Waals surface area contributed by atoms with Crippen molar-refractivity contribution in [3.8, 4) is 67.0 Å². The van der Waals surface area contributed by atoms with E-state index in [2.05, 4.69) is 383 Å². The third-order valence-electron chi connectivity index (χ3n) is 18.3. The molecular weight excluding hydrogens is 1110 g/mol. The molecule has 0 aliphatic heterocycles. The Kier molecular flexibility index (Phi) is 13.5. The van der Waals surface area contributed by atoms with Crippen LogP contribution in [0.5, 0.6) is 0 Å². The Labute approximate surface area is 535 Å². The molecule has 2 aromatic heterocycles. The Morgan fingerprint density at radius 2 is 0.489 bits per heavy atom. The summed E-state index contributed by atoms with van der Waals surface area (Å²) in [7, 11) is 0. The zero-order valence-electron chi connectivity index (χ0n) is 50.4. The van der Waals surface area contributed by atoms with Gasteiger partial charge < -0.3 is 18.9 Å². The van der Waals surface area contributed by atoms with Gasteiger partial charge in [0.05, 0.1) is 27.8 Å². The highest BCUT2D eigenvalue weighted by Gasteiger charge is 2.20. The summed E-state index contributed by atoms with van der Waals surface area (Å²) < 4.78 is 4.82. The van der Waals surface area contributed by atoms with E-state index in [0.29, 0.717) is 0 Å². The van der Waals surface area contributed by atoms with Crippen LogP contribution >= 0.6 is 0 Å². The highest BCUT2D eigenvalue weighted by atomic mass is 15.1. The molecule has 0 aliphatic rings. The highest BCUT2D eigenvalue weighted by molar-refractivity contribution is 6.12. The van der Waals surface area contributed by atoms with Gasteiger partial charge in [0.15, 0.2) is 0 Å². The summed E-state index contributed by atoms with van der Waals surface area (Å²) in [6.07, 6.45) is 0. The molecule has 4 heteroatoms. The van der Waals surface area contributed by atoms with E-state index >= 15 is 0 Å². The normalized spacial score (nSPS) is 11.5. The first-order valence-corrected chi connectivity index (χ1v) is 31.5. The number of anilines is 6. The van der Waals surface area contributed by atoms with Crippen molar-refractivity contribution in [3.63, 3.8) is 0 Å². The topological polar surface area (TPSA) is 16.3 Å². The fourth-order valence-corrected chi connectivity index (χ4v) is 13.8. The predicted octanol–water partition coefficient (Wildman–Crippen LogP) is 24.3. The smallest absolute Gasteiger partial charge is 0.0547 e. The second kappa shape index (κ2) is 23.0. The summed E-state index contributed by atoms with van der Waals surface area (Å²) in [4.78, 5) is 4.72. The average molecular weight is 1170 g/mol. The summed E-state index contributed by atoms with van der Waals surface area (Å²) in [5.41, 5.74) is 25.3. The molecule has 0 aliphatic carbocycles. The molecule has 0 fully saturated rings. The lowest BCUT2D eigenvalue weighted by molar-refractivity contribution is 1.18. The first kappa shape index (κ1) is 54.0. The van der Waals surface area contributed by atoms with Crippen LogP contribution < -0.4 is 9.80 Å². The van der Waals surface area contributed by atoms with E-state index in [1.54, 1.807) is 0 Å². The lowest BCUT2D eigenvalue weighted by atomic mass is 9.98. The fraction of sp³-hybridized carbons (Fsp3) is 0. The van der Waals surface area contributed by atoms with Crippen molar-refractivity contribution >= 4 is 88.5 Å². The minimum absolute atomic E-state index is 1.08. The van der Waals surface area contributed by atoms with Gasteiger partial charge in [-0.05, 0) is 176 Å². The van der Waals surface area contributed by atoms with Crippen molar-refractivity contribution in [1.82, 2.24) is 9.13 Å². The zero-order chi connectivity index (χ0) is 60.9. The number of hydrogen-bond acceptors (Lipinski definition) is 2. The number of para-hydroxylation sites is 5. The van der Waals surface area contributed by atoms with E-state index in [1.807, 2.05) is 0 Å². The Balaban J connectivity index is 0.661. The molecule has 0 amide bonds. The minimum atomic E-state index is 1.08. The van der Waals surface area contributed by atoms with Crippen LogP contribution in [0.15, 0.2) is 364 Å². The van der Waals surface area contributed by atoms with Gasteiger partial charge in [0.2, 0.25) is 0 Å². The molecule has 0 N–H and O–H groups in total. The number of nitrogens with zero attached hydrogens (tertiary/aromatic N) is 4. The van der Waals surface area contributed by atoms with Gasteiger partial charge in [-0.15, -0.1) is 0 Å². The Morgan fingerprint density at radius 3 is 1.00 bits per heavy atom. The van der Waals surface area contributed by atoms with Crippen molar-refractivity contribution in [2.24, 2.45) is 0 Å². The van der Waals surface area contributed by atoms with Gasteiger partial charge in [-0.3, -0.25) is 0 Å². The van der Waals surface area contributed by atoms with E-state index in [4.69, 9.17) is 0 Å². The number of hydrogen-bond donors (Lipinski definition) is 0. The van der Waals surface area contributed by atoms with Gasteiger partial charge in [-0.2, -0.15) is 0 Å². The maximum atomic E-state index is 2.44. The fourth-order valence-electron chi connectivity index (χ4n) is 13.8. The van der Waals surface area contributed by atoms with Gasteiger partial charge in [-0.25, -0.2) is 0 Å². The van der Waals surface area contributed by atoms with Crippen LogP contribution in [0.1, 0.15) is 0 Å². The van der Waals surface area contributed by atoms with Gasteiger partial charge >= 0.3 is 0 Å². The molecule has 0 unspecified atom stereocenters. The lowest BCUT2D eigenvalue weighted by Crippen LogP contribution is -2.10. The van der Waals surface area contributed by atoms with Gasteiger partial charge in [0.25, 0.3) is 0 Å². The second-order valence-electron chi connectivity index (χ2n) is 23.7. The first-order valence-electron chi connectivity index (χ1n) is 31.5. The molecule has 92 heavy (non-hydrogen) atoms. The predicted molar refractivity (Wildman–Crippen MR) is 389 cm³/mol. The van der Waals surface area contributed by atoms with Crippen LogP contribution in [0, 0.1) is 0 Å². The molecule has 2 heterocycles. The molecule has 0 bridgehead atoms. The van der Waals surface area contributed by atoms with Gasteiger partial charge in [-0.1, -0.05) is 249 Å². The third-order valence-corrected chi connectivity index (χ3v) is 18.3. The van der Waals surface area contributed by atoms with E-state index in [0.717, 1.165) is 67.7 Å². The summed E-state index contributed by atoms with van der Waals surface area (Å²) in [5, 5.41) is 7.38. The van der Waals surface area contributed by atoms with Crippen molar-refractivity contribution in [2.75, 3.05) is 9.80 Å². The van der Waals surface area contributed by atoms with Crippen molar-refractivity contribution in [2.45, 2.75) is 0 Å². The summed E-state index contributed by atoms with van der Waals surface area (Å²) in [5.74, 6) is 0. The highest BCUT2D eigenvalue weighted by Crippen LogP contribution is 2.44. The Hall–Kier alpha value is -12.2. The molecule has 17 rings (SSSR count). The molecule has 0 saturated heterocycles. The van der Waals surface area contributed by atoms with Crippen LogP contribution in [-0.4, -0.2) is 9.13 Å². The maximum absolute atomic E-state index is 2.44. The van der Waals surface area contributed by atoms with Crippen LogP contribution in [0.2, 0.25) is 0 Å². The standard InChI is InChI=1S/C88H60N4/c1-5-22-72(23-6-1)89(76-50-43-63(44-51-76)61-35-39-65(40-36-61)69-47-54-81-80-32-15-16-33-85(80)91(86(81)58-69)74-26-9-3-10-27-74)78-30-17-21-68(57-78)71-49-56-83-82-55-48-70(59-87(82)92(88(83)60-71)75-28-11-4-12-29-75)66-41-37-62(38-42-66)64-45-52-77(53-46-64)90(73-24-7-2-8-25-73)84-34-18-20-67-19-13-14-31-79(67)84/h1-60H. The van der Waals surface area contributed by atoms with Crippen LogP contribution in [-0.2, 0) is 0 Å². The zero-order valence-corrected chi connectivity index (χ0v) is 50.4. The third kappa shape index (κ3) is 9.75. The summed E-state index contributed by atoms with van der Waals surface area (Å²) >= 11 is 0. The van der Waals surface area contributed by atoms with Gasteiger partial charge in [0, 0.05) is 66.7 Å².